The Morgan fingerprint density at radius 1 is 1.46 bits per heavy atom. The summed E-state index contributed by atoms with van der Waals surface area (Å²) >= 11 is 0. The largest absolute Gasteiger partial charge is 0.497 e. The van der Waals surface area contributed by atoms with Gasteiger partial charge in [-0.05, 0) is 36.6 Å². The number of methoxy groups -OCH3 is 1. The molecule has 0 radical (unpaired) electrons. The molecule has 2 atom stereocenters. The second kappa shape index (κ2) is 6.68. The zero-order valence-corrected chi connectivity index (χ0v) is 13.5. The zero-order valence-electron chi connectivity index (χ0n) is 13.5. The summed E-state index contributed by atoms with van der Waals surface area (Å²) in [4.78, 5) is 23.7. The second-order valence-corrected chi connectivity index (χ2v) is 6.33. The number of carbonyl (C=O) groups excluding carboxylic acids is 1. The number of carboxylic acid groups (broad SMARTS) is 1. The van der Waals surface area contributed by atoms with Crippen molar-refractivity contribution in [3.05, 3.63) is 23.8 Å². The molecule has 0 bridgehead atoms. The van der Waals surface area contributed by atoms with Crippen LogP contribution in [0.1, 0.15) is 18.4 Å². The van der Waals surface area contributed by atoms with Crippen LogP contribution in [0.2, 0.25) is 0 Å². The second-order valence-electron chi connectivity index (χ2n) is 6.33. The summed E-state index contributed by atoms with van der Waals surface area (Å²) in [7, 11) is 1.59. The molecule has 24 heavy (non-hydrogen) atoms. The first-order chi connectivity index (χ1) is 11.5. The van der Waals surface area contributed by atoms with E-state index in [0.717, 1.165) is 11.3 Å². The lowest BCUT2D eigenvalue weighted by molar-refractivity contribution is -0.139. The number of fused-ring (bicyclic) bond motifs is 1. The summed E-state index contributed by atoms with van der Waals surface area (Å²) in [5, 5.41) is 12.0. The minimum Gasteiger partial charge on any atom is -0.497 e. The van der Waals surface area contributed by atoms with Gasteiger partial charge in [0, 0.05) is 6.61 Å². The Hall–Kier alpha value is -2.28. The van der Waals surface area contributed by atoms with Crippen LogP contribution in [0, 0.1) is 5.92 Å². The molecule has 2 aliphatic heterocycles. The van der Waals surface area contributed by atoms with Gasteiger partial charge in [0.25, 0.3) is 0 Å². The lowest BCUT2D eigenvalue weighted by Gasteiger charge is -2.31. The van der Waals surface area contributed by atoms with Crippen LogP contribution in [-0.4, -0.2) is 49.5 Å². The summed E-state index contributed by atoms with van der Waals surface area (Å²) in [6.07, 6.45) is 0.891. The Morgan fingerprint density at radius 3 is 2.96 bits per heavy atom. The molecular formula is C17H21NO6. The van der Waals surface area contributed by atoms with Crippen molar-refractivity contribution < 1.29 is 28.9 Å². The number of ether oxygens (including phenoxy) is 3. The van der Waals surface area contributed by atoms with Crippen molar-refractivity contribution in [3.8, 4) is 11.5 Å². The van der Waals surface area contributed by atoms with Crippen molar-refractivity contribution in [1.29, 1.82) is 0 Å². The van der Waals surface area contributed by atoms with Crippen molar-refractivity contribution in [2.75, 3.05) is 26.9 Å². The van der Waals surface area contributed by atoms with E-state index in [1.54, 1.807) is 7.11 Å². The highest BCUT2D eigenvalue weighted by molar-refractivity contribution is 5.81. The van der Waals surface area contributed by atoms with Crippen molar-refractivity contribution >= 4 is 11.9 Å². The average Bonchev–Trinajstić information content (AvgIpc) is 3.00. The predicted octanol–water partition coefficient (Wildman–Crippen LogP) is 0.996. The quantitative estimate of drug-likeness (QED) is 0.834. The van der Waals surface area contributed by atoms with Gasteiger partial charge in [-0.3, -0.25) is 9.59 Å². The van der Waals surface area contributed by atoms with Crippen molar-refractivity contribution in [1.82, 2.24) is 5.32 Å². The van der Waals surface area contributed by atoms with Crippen LogP contribution in [0.5, 0.6) is 11.5 Å². The van der Waals surface area contributed by atoms with Gasteiger partial charge in [0.1, 0.15) is 18.1 Å². The summed E-state index contributed by atoms with van der Waals surface area (Å²) in [6.45, 7) is 0.951. The molecule has 2 unspecified atom stereocenters. The summed E-state index contributed by atoms with van der Waals surface area (Å²) in [5.41, 5.74) is 0.0908. The van der Waals surface area contributed by atoms with E-state index in [-0.39, 0.29) is 31.5 Å². The predicted molar refractivity (Wildman–Crippen MR) is 84.2 cm³/mol. The summed E-state index contributed by atoms with van der Waals surface area (Å²) in [5.74, 6) is -0.0453. The molecule has 7 nitrogen and oxygen atoms in total. The molecule has 1 amide bonds. The van der Waals surface area contributed by atoms with E-state index in [0.29, 0.717) is 25.2 Å². The SMILES string of the molecule is COc1ccc2c(c1)CC(C(=O)NC1(CC(=O)O)CCOC1)CO2. The lowest BCUT2D eigenvalue weighted by Crippen LogP contribution is -2.53. The molecule has 1 fully saturated rings. The molecule has 1 saturated heterocycles. The van der Waals surface area contributed by atoms with Crippen LogP contribution in [0.4, 0.5) is 0 Å². The molecule has 0 aromatic heterocycles. The van der Waals surface area contributed by atoms with Crippen molar-refractivity contribution in [2.45, 2.75) is 24.8 Å². The van der Waals surface area contributed by atoms with Crippen LogP contribution in [0.25, 0.3) is 0 Å². The highest BCUT2D eigenvalue weighted by Gasteiger charge is 2.40. The van der Waals surface area contributed by atoms with Gasteiger partial charge in [-0.2, -0.15) is 0 Å². The number of carbonyl (C=O) groups is 2. The minimum atomic E-state index is -0.948. The van der Waals surface area contributed by atoms with E-state index in [9.17, 15) is 9.59 Å². The van der Waals surface area contributed by atoms with Gasteiger partial charge in [0.15, 0.2) is 0 Å². The molecule has 7 heteroatoms. The fourth-order valence-electron chi connectivity index (χ4n) is 3.21. The third-order valence-corrected chi connectivity index (χ3v) is 4.53. The van der Waals surface area contributed by atoms with Crippen LogP contribution in [0.15, 0.2) is 18.2 Å². The number of hydrogen-bond acceptors (Lipinski definition) is 5. The number of carboxylic acids is 1. The highest BCUT2D eigenvalue weighted by atomic mass is 16.5. The first-order valence-corrected chi connectivity index (χ1v) is 7.93. The van der Waals surface area contributed by atoms with E-state index in [2.05, 4.69) is 5.32 Å². The Balaban J connectivity index is 1.70. The maximum Gasteiger partial charge on any atom is 0.305 e. The Labute approximate surface area is 139 Å². The maximum absolute atomic E-state index is 12.6. The van der Waals surface area contributed by atoms with Gasteiger partial charge in [-0.1, -0.05) is 0 Å². The fraction of sp³-hybridized carbons (Fsp3) is 0.529. The minimum absolute atomic E-state index is 0.142. The molecule has 0 spiro atoms. The Bertz CT molecular complexity index is 638. The molecule has 0 aliphatic carbocycles. The average molecular weight is 335 g/mol. The molecule has 3 rings (SSSR count). The highest BCUT2D eigenvalue weighted by Crippen LogP contribution is 2.31. The van der Waals surface area contributed by atoms with Gasteiger partial charge in [0.05, 0.1) is 31.6 Å². The monoisotopic (exact) mass is 335 g/mol. The molecule has 2 N–H and O–H groups in total. The standard InChI is InChI=1S/C17H21NO6/c1-22-13-2-3-14-11(7-13)6-12(9-24-14)16(21)18-17(8-15(19)20)4-5-23-10-17/h2-3,7,12H,4-6,8-10H2,1H3,(H,18,21)(H,19,20). The number of nitrogens with one attached hydrogen (secondary N) is 1. The molecule has 2 aliphatic rings. The van der Waals surface area contributed by atoms with Crippen molar-refractivity contribution in [2.24, 2.45) is 5.92 Å². The summed E-state index contributed by atoms with van der Waals surface area (Å²) in [6, 6.07) is 5.51. The van der Waals surface area contributed by atoms with Gasteiger partial charge < -0.3 is 24.6 Å². The molecule has 1 aromatic carbocycles. The zero-order chi connectivity index (χ0) is 17.2. The van der Waals surface area contributed by atoms with Gasteiger partial charge in [0.2, 0.25) is 5.91 Å². The van der Waals surface area contributed by atoms with E-state index in [1.807, 2.05) is 18.2 Å². The van der Waals surface area contributed by atoms with Crippen LogP contribution < -0.4 is 14.8 Å². The molecular weight excluding hydrogens is 314 g/mol. The third kappa shape index (κ3) is 3.46. The molecule has 2 heterocycles. The molecule has 1 aromatic rings. The number of hydrogen-bond donors (Lipinski definition) is 2. The third-order valence-electron chi connectivity index (χ3n) is 4.53. The lowest BCUT2D eigenvalue weighted by atomic mass is 9.91. The van der Waals surface area contributed by atoms with Crippen LogP contribution in [0.3, 0.4) is 0 Å². The van der Waals surface area contributed by atoms with Gasteiger partial charge >= 0.3 is 5.97 Å². The van der Waals surface area contributed by atoms with Gasteiger partial charge in [-0.25, -0.2) is 0 Å². The summed E-state index contributed by atoms with van der Waals surface area (Å²) < 4.78 is 16.2. The smallest absolute Gasteiger partial charge is 0.305 e. The van der Waals surface area contributed by atoms with Gasteiger partial charge in [-0.15, -0.1) is 0 Å². The number of rotatable bonds is 5. The van der Waals surface area contributed by atoms with Crippen LogP contribution in [-0.2, 0) is 20.7 Å². The normalized spacial score (nSPS) is 25.5. The topological polar surface area (TPSA) is 94.1 Å². The Kier molecular flexibility index (Phi) is 4.62. The van der Waals surface area contributed by atoms with Crippen LogP contribution >= 0.6 is 0 Å². The van der Waals surface area contributed by atoms with E-state index in [4.69, 9.17) is 19.3 Å². The molecule has 0 saturated carbocycles. The fourth-order valence-corrected chi connectivity index (χ4v) is 3.21. The maximum atomic E-state index is 12.6. The number of benzene rings is 1. The Morgan fingerprint density at radius 2 is 2.29 bits per heavy atom. The van der Waals surface area contributed by atoms with E-state index < -0.39 is 11.5 Å². The molecule has 130 valence electrons. The van der Waals surface area contributed by atoms with E-state index >= 15 is 0 Å². The number of amides is 1. The van der Waals surface area contributed by atoms with E-state index in [1.165, 1.54) is 0 Å². The number of aliphatic carboxylic acids is 1. The van der Waals surface area contributed by atoms with Crippen molar-refractivity contribution in [3.63, 3.8) is 0 Å². The first kappa shape index (κ1) is 16.6. The first-order valence-electron chi connectivity index (χ1n) is 7.93.